The van der Waals surface area contributed by atoms with Crippen LogP contribution in [-0.4, -0.2) is 63.8 Å². The number of carbonyl (C=O) groups excluding carboxylic acids is 1. The van der Waals surface area contributed by atoms with Crippen LogP contribution in [0.1, 0.15) is 26.3 Å². The van der Waals surface area contributed by atoms with E-state index >= 15 is 0 Å². The minimum Gasteiger partial charge on any atom is -0.399 e. The van der Waals surface area contributed by atoms with E-state index in [1.807, 2.05) is 38.1 Å². The Hall–Kier alpha value is -3.53. The molecule has 0 aromatic heterocycles. The third kappa shape index (κ3) is 8.48. The smallest absolute Gasteiger partial charge is 0.127 e. The zero-order valence-corrected chi connectivity index (χ0v) is 22.9. The van der Waals surface area contributed by atoms with Gasteiger partial charge in [0.05, 0.1) is 12.3 Å². The summed E-state index contributed by atoms with van der Waals surface area (Å²) in [4.78, 5) is 8.81. The molecule has 3 aromatic carbocycles. The third-order valence-electron chi connectivity index (χ3n) is 6.11. The number of aliphatic hydroxyl groups is 4. The lowest BCUT2D eigenvalue weighted by atomic mass is 9.94. The molecule has 7 N–H and O–H groups in total. The molecular weight excluding hydrogens is 496 g/mol. The Labute approximate surface area is 230 Å². The maximum absolute atomic E-state index is 10.2. The minimum atomic E-state index is -1.47. The maximum Gasteiger partial charge on any atom is 0.127 e. The number of ether oxygens (including phenoxy) is 1. The molecule has 0 saturated carbocycles. The van der Waals surface area contributed by atoms with Crippen LogP contribution in [0.3, 0.4) is 0 Å². The van der Waals surface area contributed by atoms with Crippen molar-refractivity contribution in [1.82, 2.24) is 0 Å². The second kappa shape index (κ2) is 15.8. The molecular formula is C31H40N2O6. The lowest BCUT2D eigenvalue weighted by molar-refractivity contribution is -0.219. The van der Waals surface area contributed by atoms with Gasteiger partial charge in [-0.05, 0) is 48.2 Å². The summed E-state index contributed by atoms with van der Waals surface area (Å²) in [6, 6.07) is 24.6. The van der Waals surface area contributed by atoms with E-state index in [2.05, 4.69) is 60.8 Å². The van der Waals surface area contributed by atoms with Crippen molar-refractivity contribution in [2.24, 2.45) is 5.73 Å². The van der Waals surface area contributed by atoms with E-state index in [4.69, 9.17) is 15.3 Å². The highest BCUT2D eigenvalue weighted by atomic mass is 16.5. The van der Waals surface area contributed by atoms with Gasteiger partial charge in [0.1, 0.15) is 36.8 Å². The van der Waals surface area contributed by atoms with Crippen LogP contribution in [0.15, 0.2) is 84.7 Å². The van der Waals surface area contributed by atoms with Crippen LogP contribution < -0.4 is 11.1 Å². The largest absolute Gasteiger partial charge is 0.399 e. The zero-order chi connectivity index (χ0) is 28.9. The van der Waals surface area contributed by atoms with Crippen molar-refractivity contribution in [3.63, 3.8) is 0 Å². The van der Waals surface area contributed by atoms with E-state index in [1.54, 1.807) is 0 Å². The van der Waals surface area contributed by atoms with Crippen LogP contribution in [0.25, 0.3) is 22.3 Å². The number of aryl methyl sites for hydroxylation is 1. The average Bonchev–Trinajstić information content (AvgIpc) is 2.97. The zero-order valence-electron chi connectivity index (χ0n) is 22.9. The molecule has 0 amide bonds. The fourth-order valence-corrected chi connectivity index (χ4v) is 3.99. The van der Waals surface area contributed by atoms with Crippen molar-refractivity contribution in [1.29, 1.82) is 0 Å². The van der Waals surface area contributed by atoms with Crippen molar-refractivity contribution >= 4 is 12.0 Å². The summed E-state index contributed by atoms with van der Waals surface area (Å²) in [5.41, 5.74) is 12.7. The number of rotatable bonds is 6. The summed E-state index contributed by atoms with van der Waals surface area (Å²) in [6.07, 6.45) is -4.16. The van der Waals surface area contributed by atoms with Gasteiger partial charge in [-0.3, -0.25) is 0 Å². The van der Waals surface area contributed by atoms with Gasteiger partial charge in [-0.15, -0.1) is 0 Å². The number of nitrogens with two attached hydrogens (primary N) is 1. The summed E-state index contributed by atoms with van der Waals surface area (Å²) >= 11 is 0. The quantitative estimate of drug-likeness (QED) is 0.262. The predicted octanol–water partition coefficient (Wildman–Crippen LogP) is 3.61. The van der Waals surface area contributed by atoms with E-state index in [0.717, 1.165) is 28.7 Å². The number of anilines is 1. The number of hydrogen-bond acceptors (Lipinski definition) is 8. The fourth-order valence-electron chi connectivity index (χ4n) is 3.99. The number of benzene rings is 3. The van der Waals surface area contributed by atoms with Gasteiger partial charge in [0.25, 0.3) is 0 Å². The topological polar surface area (TPSA) is 145 Å². The minimum absolute atomic E-state index is 0.132. The normalized spacial score (nSPS) is 22.5. The lowest BCUT2D eigenvalue weighted by Gasteiger charge is -2.40. The van der Waals surface area contributed by atoms with Crippen molar-refractivity contribution in [3.05, 3.63) is 90.3 Å². The Balaban J connectivity index is 0.000000998. The monoisotopic (exact) mass is 536 g/mol. The van der Waals surface area contributed by atoms with Gasteiger partial charge < -0.3 is 41.0 Å². The van der Waals surface area contributed by atoms with Crippen LogP contribution in [0.5, 0.6) is 0 Å². The third-order valence-corrected chi connectivity index (χ3v) is 6.11. The van der Waals surface area contributed by atoms with Gasteiger partial charge in [-0.25, -0.2) is 0 Å². The van der Waals surface area contributed by atoms with E-state index in [0.29, 0.717) is 0 Å². The SMILES string of the molecule is CC.CC=O.Cc1ccc(-c2ccc(-c3ccc(N/C=C(\N)C4OC(CO)C(O)C(O)C4O)cc3)cc2)cc1. The van der Waals surface area contributed by atoms with E-state index in [1.165, 1.54) is 24.3 Å². The van der Waals surface area contributed by atoms with Gasteiger partial charge in [0.2, 0.25) is 0 Å². The second-order valence-corrected chi connectivity index (χ2v) is 8.79. The Morgan fingerprint density at radius 2 is 1.23 bits per heavy atom. The summed E-state index contributed by atoms with van der Waals surface area (Å²) < 4.78 is 5.46. The van der Waals surface area contributed by atoms with Gasteiger partial charge >= 0.3 is 0 Å². The van der Waals surface area contributed by atoms with Crippen LogP contribution >= 0.6 is 0 Å². The first-order valence-electron chi connectivity index (χ1n) is 13.0. The average molecular weight is 537 g/mol. The molecule has 8 nitrogen and oxygen atoms in total. The molecule has 0 radical (unpaired) electrons. The second-order valence-electron chi connectivity index (χ2n) is 8.79. The van der Waals surface area contributed by atoms with Crippen molar-refractivity contribution in [3.8, 4) is 22.3 Å². The summed E-state index contributed by atoms with van der Waals surface area (Å²) in [7, 11) is 0. The molecule has 3 aromatic rings. The molecule has 5 unspecified atom stereocenters. The number of aldehydes is 1. The first-order valence-corrected chi connectivity index (χ1v) is 13.0. The number of nitrogens with one attached hydrogen (secondary N) is 1. The molecule has 1 aliphatic rings. The van der Waals surface area contributed by atoms with Crippen LogP contribution in [0.2, 0.25) is 0 Å². The standard InChI is InChI=1S/C27H30N2O5.C2H4O.C2H6/c1-16-2-4-17(5-3-16)18-6-8-19(9-7-18)20-10-12-21(13-11-20)29-14-22(28)27-26(33)25(32)24(31)23(15-30)34-27;1-2-3;1-2/h2-14,23-27,29-33H,15,28H2,1H3;2H,1H3;1-2H3/b22-14-;;. The Morgan fingerprint density at radius 1 is 0.821 bits per heavy atom. The van der Waals surface area contributed by atoms with Crippen LogP contribution in [0.4, 0.5) is 5.69 Å². The molecule has 0 aliphatic carbocycles. The van der Waals surface area contributed by atoms with Crippen molar-refractivity contribution in [2.45, 2.75) is 58.2 Å². The summed E-state index contributed by atoms with van der Waals surface area (Å²) in [5, 5.41) is 42.4. The molecule has 210 valence electrons. The van der Waals surface area contributed by atoms with E-state index < -0.39 is 37.1 Å². The Morgan fingerprint density at radius 3 is 1.67 bits per heavy atom. The summed E-state index contributed by atoms with van der Waals surface area (Å²) in [5.74, 6) is 0. The molecule has 4 rings (SSSR count). The number of aliphatic hydroxyl groups excluding tert-OH is 4. The first-order chi connectivity index (χ1) is 18.8. The highest BCUT2D eigenvalue weighted by molar-refractivity contribution is 5.71. The summed E-state index contributed by atoms with van der Waals surface area (Å²) in [6.45, 7) is 7.01. The van der Waals surface area contributed by atoms with Gasteiger partial charge in [-0.2, -0.15) is 0 Å². The predicted molar refractivity (Wildman–Crippen MR) is 155 cm³/mol. The van der Waals surface area contributed by atoms with Gasteiger partial charge in [0.15, 0.2) is 0 Å². The first kappa shape index (κ1) is 31.7. The fraction of sp³-hybridized carbons (Fsp3) is 0.323. The van der Waals surface area contributed by atoms with Crippen molar-refractivity contribution in [2.75, 3.05) is 11.9 Å². The van der Waals surface area contributed by atoms with Crippen LogP contribution in [0, 0.1) is 6.92 Å². The molecule has 1 heterocycles. The molecule has 0 bridgehead atoms. The number of carbonyl (C=O) groups is 1. The maximum atomic E-state index is 10.2. The van der Waals surface area contributed by atoms with E-state index in [-0.39, 0.29) is 5.70 Å². The molecule has 8 heteroatoms. The van der Waals surface area contributed by atoms with Gasteiger partial charge in [-0.1, -0.05) is 80.1 Å². The highest BCUT2D eigenvalue weighted by Gasteiger charge is 2.44. The van der Waals surface area contributed by atoms with Crippen LogP contribution in [-0.2, 0) is 9.53 Å². The molecule has 1 fully saturated rings. The lowest BCUT2D eigenvalue weighted by Crippen LogP contribution is -2.59. The molecule has 1 saturated heterocycles. The Kier molecular flexibility index (Phi) is 12.8. The molecule has 1 aliphatic heterocycles. The Bertz CT molecular complexity index is 1160. The number of hydrogen-bond donors (Lipinski definition) is 6. The molecule has 39 heavy (non-hydrogen) atoms. The highest BCUT2D eigenvalue weighted by Crippen LogP contribution is 2.27. The molecule has 5 atom stereocenters. The van der Waals surface area contributed by atoms with E-state index in [9.17, 15) is 20.4 Å². The van der Waals surface area contributed by atoms with Gasteiger partial charge in [0, 0.05) is 11.9 Å². The van der Waals surface area contributed by atoms with Crippen molar-refractivity contribution < 1.29 is 30.0 Å². The molecule has 0 spiro atoms.